The molecule has 0 atom stereocenters. The highest BCUT2D eigenvalue weighted by atomic mass is 28.4. The quantitative estimate of drug-likeness (QED) is 0.140. The Morgan fingerprint density at radius 2 is 0.824 bits per heavy atom. The molecule has 0 saturated carbocycles. The first-order valence-corrected chi connectivity index (χ1v) is 16.0. The number of amides is 4. The zero-order chi connectivity index (χ0) is 25.7. The van der Waals surface area contributed by atoms with Crippen LogP contribution in [0.2, 0.25) is 12.1 Å². The van der Waals surface area contributed by atoms with E-state index in [9.17, 15) is 9.59 Å². The average Bonchev–Trinajstić information content (AvgIpc) is 2.79. The van der Waals surface area contributed by atoms with Crippen molar-refractivity contribution in [3.05, 3.63) is 0 Å². The van der Waals surface area contributed by atoms with Crippen LogP contribution in [0.5, 0.6) is 0 Å². The molecule has 14 heteroatoms. The van der Waals surface area contributed by atoms with Gasteiger partial charge in [-0.05, 0) is 54.4 Å². The molecule has 0 aromatic rings. The van der Waals surface area contributed by atoms with Crippen LogP contribution < -0.4 is 10.6 Å². The summed E-state index contributed by atoms with van der Waals surface area (Å²) in [5.41, 5.74) is 0. The van der Waals surface area contributed by atoms with E-state index in [1.54, 1.807) is 0 Å². The molecule has 0 heterocycles. The first kappa shape index (κ1) is 32.7. The molecule has 12 nitrogen and oxygen atoms in total. The Labute approximate surface area is 206 Å². The zero-order valence-electron chi connectivity index (χ0n) is 21.6. The monoisotopic (exact) mass is 524 g/mol. The average molecular weight is 525 g/mol. The van der Waals surface area contributed by atoms with Gasteiger partial charge < -0.3 is 37.2 Å². The van der Waals surface area contributed by atoms with Gasteiger partial charge in [0.05, 0.1) is 0 Å². The molecule has 0 aliphatic heterocycles. The van der Waals surface area contributed by atoms with Crippen molar-refractivity contribution < 1.29 is 36.1 Å². The second-order valence-corrected chi connectivity index (χ2v) is 12.3. The van der Waals surface area contributed by atoms with Gasteiger partial charge in [-0.2, -0.15) is 0 Å². The number of carbonyl (C=O) groups is 2. The molecule has 0 fully saturated rings. The molecule has 0 aliphatic carbocycles. The van der Waals surface area contributed by atoms with Crippen molar-refractivity contribution in [2.24, 2.45) is 10.2 Å². The molecule has 0 rings (SSSR count). The zero-order valence-corrected chi connectivity index (χ0v) is 23.6. The smallest absolute Gasteiger partial charge is 0.374 e. The normalized spacial score (nSPS) is 12.3. The van der Waals surface area contributed by atoms with Crippen LogP contribution >= 0.6 is 0 Å². The summed E-state index contributed by atoms with van der Waals surface area (Å²) in [5, 5.41) is 12.0. The minimum atomic E-state index is -2.75. The lowest BCUT2D eigenvalue weighted by atomic mass is 10.5. The van der Waals surface area contributed by atoms with Gasteiger partial charge in [0.1, 0.15) is 0 Å². The number of urea groups is 2. The summed E-state index contributed by atoms with van der Waals surface area (Å²) in [7, 11) is -5.49. The molecule has 34 heavy (non-hydrogen) atoms. The highest BCUT2D eigenvalue weighted by Gasteiger charge is 2.40. The van der Waals surface area contributed by atoms with Crippen LogP contribution in [0.4, 0.5) is 9.59 Å². The lowest BCUT2D eigenvalue weighted by molar-refractivity contribution is 0.0700. The van der Waals surface area contributed by atoms with Gasteiger partial charge in [-0.3, -0.25) is 0 Å². The number of hydrogen-bond donors (Lipinski definition) is 2. The molecular weight excluding hydrogens is 480 g/mol. The predicted octanol–water partition coefficient (Wildman–Crippen LogP) is 3.73. The van der Waals surface area contributed by atoms with Gasteiger partial charge in [0.2, 0.25) is 0 Å². The van der Waals surface area contributed by atoms with E-state index in [1.165, 1.54) is 0 Å². The van der Waals surface area contributed by atoms with Crippen molar-refractivity contribution in [2.75, 3.05) is 52.7 Å². The van der Waals surface area contributed by atoms with Crippen molar-refractivity contribution in [2.45, 2.75) is 66.5 Å². The Bertz CT molecular complexity index is 505. The number of carbonyl (C=O) groups excluding carboxylic acids is 2. The van der Waals surface area contributed by atoms with Gasteiger partial charge >= 0.3 is 29.7 Å². The maximum absolute atomic E-state index is 11.8. The van der Waals surface area contributed by atoms with E-state index in [2.05, 4.69) is 20.9 Å². The molecule has 0 aliphatic rings. The van der Waals surface area contributed by atoms with E-state index in [1.807, 2.05) is 41.5 Å². The molecule has 0 aromatic carbocycles. The molecule has 0 radical (unpaired) electrons. The summed E-state index contributed by atoms with van der Waals surface area (Å²) >= 11 is 0. The Balaban J connectivity index is 4.36. The second kappa shape index (κ2) is 20.0. The van der Waals surface area contributed by atoms with Crippen molar-refractivity contribution in [3.63, 3.8) is 0 Å². The van der Waals surface area contributed by atoms with E-state index in [-0.39, 0.29) is 0 Å². The fraction of sp³-hybridized carbons (Fsp3) is 0.900. The minimum absolute atomic E-state index is 0.334. The first-order valence-electron chi connectivity index (χ1n) is 12.2. The lowest BCUT2D eigenvalue weighted by Crippen LogP contribution is -2.46. The number of azo groups is 1. The molecule has 0 bridgehead atoms. The van der Waals surface area contributed by atoms with Crippen molar-refractivity contribution in [1.29, 1.82) is 0 Å². The Hall–Kier alpha value is -1.27. The first-order chi connectivity index (χ1) is 16.4. The predicted molar refractivity (Wildman–Crippen MR) is 132 cm³/mol. The summed E-state index contributed by atoms with van der Waals surface area (Å²) in [5.74, 6) is 0. The maximum atomic E-state index is 11.8. The van der Waals surface area contributed by atoms with Gasteiger partial charge in [-0.25, -0.2) is 9.59 Å². The topological polar surface area (TPSA) is 138 Å². The number of rotatable bonds is 20. The van der Waals surface area contributed by atoms with E-state index < -0.39 is 29.7 Å². The summed E-state index contributed by atoms with van der Waals surface area (Å²) in [6, 6.07) is -0.253. The Morgan fingerprint density at radius 1 is 0.559 bits per heavy atom. The van der Waals surface area contributed by atoms with Crippen LogP contribution in [0.1, 0.15) is 54.4 Å². The Kier molecular flexibility index (Phi) is 19.2. The van der Waals surface area contributed by atoms with Crippen molar-refractivity contribution in [3.8, 4) is 0 Å². The van der Waals surface area contributed by atoms with Crippen LogP contribution in [-0.2, 0) is 26.6 Å². The summed E-state index contributed by atoms with van der Waals surface area (Å²) in [6.45, 7) is 15.0. The second-order valence-electron chi connectivity index (χ2n) is 6.84. The van der Waals surface area contributed by atoms with E-state index in [0.29, 0.717) is 77.7 Å². The largest absolute Gasteiger partial charge is 0.500 e. The molecule has 4 amide bonds. The summed E-state index contributed by atoms with van der Waals surface area (Å²) < 4.78 is 34.6. The van der Waals surface area contributed by atoms with Gasteiger partial charge in [0, 0.05) is 64.8 Å². The third kappa shape index (κ3) is 14.2. The number of nitrogens with one attached hydrogen (secondary N) is 2. The van der Waals surface area contributed by atoms with Gasteiger partial charge in [-0.1, -0.05) is 10.2 Å². The van der Waals surface area contributed by atoms with E-state index >= 15 is 0 Å². The fourth-order valence-corrected chi connectivity index (χ4v) is 8.39. The highest BCUT2D eigenvalue weighted by Crippen LogP contribution is 2.18. The molecular formula is C20H44N4O8Si2. The SMILES string of the molecule is CCO[Si](CCCNC(=O)/N=N/C(=O)NCCC[Si](OCC)(OCC)OCC)(OCC)OCC. The summed E-state index contributed by atoms with van der Waals surface area (Å²) in [6.07, 6.45) is 1.18. The molecule has 0 unspecified atom stereocenters. The standard InChI is InChI=1S/C20H44N4O8Si2/c1-7-27-33(28-8-2,29-9-3)17-13-15-21-19(25)23-24-20(26)22-16-14-18-34(30-10-4,31-11-5)32-12-6/h7-18H2,1-6H3,(H,21,25)(H,22,26)/b24-23+. The lowest BCUT2D eigenvalue weighted by Gasteiger charge is -2.28. The van der Waals surface area contributed by atoms with E-state index in [4.69, 9.17) is 26.6 Å². The molecule has 2 N–H and O–H groups in total. The maximum Gasteiger partial charge on any atom is 0.500 e. The van der Waals surface area contributed by atoms with E-state index in [0.717, 1.165) is 0 Å². The van der Waals surface area contributed by atoms with Crippen molar-refractivity contribution in [1.82, 2.24) is 10.6 Å². The van der Waals surface area contributed by atoms with Gasteiger partial charge in [-0.15, -0.1) is 0 Å². The van der Waals surface area contributed by atoms with Crippen LogP contribution in [0, 0.1) is 0 Å². The van der Waals surface area contributed by atoms with Crippen LogP contribution in [0.3, 0.4) is 0 Å². The number of hydrogen-bond acceptors (Lipinski definition) is 8. The summed E-state index contributed by atoms with van der Waals surface area (Å²) in [4.78, 5) is 23.7. The van der Waals surface area contributed by atoms with Crippen molar-refractivity contribution >= 4 is 29.7 Å². The molecule has 0 saturated heterocycles. The van der Waals surface area contributed by atoms with Gasteiger partial charge in [0.25, 0.3) is 0 Å². The van der Waals surface area contributed by atoms with Crippen LogP contribution in [-0.4, -0.2) is 82.4 Å². The number of nitrogens with zero attached hydrogens (tertiary/aromatic N) is 2. The molecule has 0 aromatic heterocycles. The third-order valence-corrected chi connectivity index (χ3v) is 10.6. The molecule has 200 valence electrons. The molecule has 0 spiro atoms. The van der Waals surface area contributed by atoms with Crippen LogP contribution in [0.25, 0.3) is 0 Å². The minimum Gasteiger partial charge on any atom is -0.374 e. The third-order valence-electron chi connectivity index (χ3n) is 4.29. The van der Waals surface area contributed by atoms with Gasteiger partial charge in [0.15, 0.2) is 0 Å². The van der Waals surface area contributed by atoms with Crippen LogP contribution in [0.15, 0.2) is 10.2 Å². The Morgan fingerprint density at radius 3 is 1.06 bits per heavy atom. The fourth-order valence-electron chi connectivity index (χ4n) is 3.16. The highest BCUT2D eigenvalue weighted by molar-refractivity contribution is 6.61.